The molecule has 2 aromatic carbocycles. The molecule has 0 bridgehead atoms. The van der Waals surface area contributed by atoms with Gasteiger partial charge in [0.15, 0.2) is 0 Å². The lowest BCUT2D eigenvalue weighted by atomic mass is 10.2. The van der Waals surface area contributed by atoms with Crippen molar-refractivity contribution in [3.8, 4) is 5.69 Å². The van der Waals surface area contributed by atoms with Crippen LogP contribution in [-0.2, 0) is 0 Å². The summed E-state index contributed by atoms with van der Waals surface area (Å²) in [5, 5.41) is 4.06. The molecule has 26 heavy (non-hydrogen) atoms. The van der Waals surface area contributed by atoms with Gasteiger partial charge in [0, 0.05) is 32.7 Å². The van der Waals surface area contributed by atoms with Gasteiger partial charge in [-0.25, -0.2) is 9.82 Å². The first kappa shape index (κ1) is 18.1. The van der Waals surface area contributed by atoms with Crippen LogP contribution in [0.4, 0.5) is 4.39 Å². The van der Waals surface area contributed by atoms with E-state index in [1.807, 2.05) is 30.5 Å². The van der Waals surface area contributed by atoms with E-state index in [4.69, 9.17) is 0 Å². The second-order valence-corrected chi connectivity index (χ2v) is 6.76. The maximum atomic E-state index is 13.1. The molecular weight excluding hydrogens is 397 g/mol. The minimum atomic E-state index is -0.283. The maximum absolute atomic E-state index is 13.1. The highest BCUT2D eigenvalue weighted by molar-refractivity contribution is 9.10. The topological polar surface area (TPSA) is 46.4 Å². The van der Waals surface area contributed by atoms with Crippen LogP contribution in [0.2, 0.25) is 0 Å². The van der Waals surface area contributed by atoms with Crippen LogP contribution in [0.5, 0.6) is 0 Å². The molecule has 0 aliphatic carbocycles. The van der Waals surface area contributed by atoms with Gasteiger partial charge >= 0.3 is 0 Å². The number of aryl methyl sites for hydroxylation is 1. The fourth-order valence-electron chi connectivity index (χ4n) is 2.76. The third-order valence-corrected chi connectivity index (χ3v) is 4.50. The number of nitrogens with one attached hydrogen (secondary N) is 1. The summed E-state index contributed by atoms with van der Waals surface area (Å²) in [6.07, 6.45) is 1.61. The number of benzene rings is 2. The fraction of sp³-hybridized carbons (Fsp3) is 0.100. The molecule has 1 aromatic heterocycles. The number of hydrazone groups is 1. The Balaban J connectivity index is 1.78. The lowest BCUT2D eigenvalue weighted by molar-refractivity contribution is 0.0955. The lowest BCUT2D eigenvalue weighted by Gasteiger charge is -2.09. The fourth-order valence-corrected chi connectivity index (χ4v) is 3.16. The van der Waals surface area contributed by atoms with E-state index < -0.39 is 0 Å². The van der Waals surface area contributed by atoms with Gasteiger partial charge in [0.1, 0.15) is 5.82 Å². The van der Waals surface area contributed by atoms with Crippen molar-refractivity contribution in [1.29, 1.82) is 0 Å². The summed E-state index contributed by atoms with van der Waals surface area (Å²) in [6.45, 7) is 3.92. The smallest absolute Gasteiger partial charge is 0.271 e. The molecule has 1 amide bonds. The number of aromatic nitrogens is 1. The second kappa shape index (κ2) is 7.66. The van der Waals surface area contributed by atoms with Crippen molar-refractivity contribution in [2.24, 2.45) is 5.10 Å². The number of rotatable bonds is 4. The lowest BCUT2D eigenvalue weighted by Crippen LogP contribution is -2.17. The molecule has 0 radical (unpaired) electrons. The summed E-state index contributed by atoms with van der Waals surface area (Å²) < 4.78 is 16.0. The Labute approximate surface area is 159 Å². The van der Waals surface area contributed by atoms with Gasteiger partial charge in [-0.3, -0.25) is 4.79 Å². The zero-order chi connectivity index (χ0) is 18.7. The monoisotopic (exact) mass is 413 g/mol. The standard InChI is InChI=1S/C20H17BrFN3O/c1-13-10-16(14(2)25(13)19-8-6-18(22)7-9-19)12-23-24-20(26)15-4-3-5-17(21)11-15/h3-12H,1-2H3,(H,24,26)/b23-12-. The van der Waals surface area contributed by atoms with Crippen LogP contribution in [0, 0.1) is 19.7 Å². The molecule has 3 rings (SSSR count). The normalized spacial score (nSPS) is 11.1. The molecule has 0 aliphatic rings. The number of hydrogen-bond acceptors (Lipinski definition) is 2. The second-order valence-electron chi connectivity index (χ2n) is 5.85. The highest BCUT2D eigenvalue weighted by Crippen LogP contribution is 2.20. The van der Waals surface area contributed by atoms with Crippen LogP contribution in [0.3, 0.4) is 0 Å². The van der Waals surface area contributed by atoms with Gasteiger partial charge < -0.3 is 4.57 Å². The van der Waals surface area contributed by atoms with Crippen LogP contribution in [0.1, 0.15) is 27.3 Å². The molecule has 0 spiro atoms. The van der Waals surface area contributed by atoms with Crippen LogP contribution in [0.15, 0.2) is 64.2 Å². The van der Waals surface area contributed by atoms with E-state index in [0.717, 1.165) is 27.1 Å². The van der Waals surface area contributed by atoms with E-state index in [1.165, 1.54) is 12.1 Å². The molecule has 0 atom stereocenters. The van der Waals surface area contributed by atoms with Gasteiger partial charge in [-0.05, 0) is 62.4 Å². The van der Waals surface area contributed by atoms with E-state index in [-0.39, 0.29) is 11.7 Å². The molecular formula is C20H17BrFN3O. The average molecular weight is 414 g/mol. The summed E-state index contributed by atoms with van der Waals surface area (Å²) >= 11 is 3.34. The third-order valence-electron chi connectivity index (χ3n) is 4.01. The molecule has 3 aromatic rings. The van der Waals surface area contributed by atoms with Crippen molar-refractivity contribution in [3.05, 3.63) is 87.4 Å². The third kappa shape index (κ3) is 3.91. The van der Waals surface area contributed by atoms with Gasteiger partial charge in [0.2, 0.25) is 0 Å². The van der Waals surface area contributed by atoms with Crippen molar-refractivity contribution in [2.45, 2.75) is 13.8 Å². The molecule has 0 unspecified atom stereocenters. The molecule has 0 saturated heterocycles. The van der Waals surface area contributed by atoms with E-state index in [2.05, 4.69) is 26.5 Å². The van der Waals surface area contributed by atoms with E-state index >= 15 is 0 Å². The van der Waals surface area contributed by atoms with Gasteiger partial charge in [-0.2, -0.15) is 5.10 Å². The van der Waals surface area contributed by atoms with Crippen molar-refractivity contribution in [2.75, 3.05) is 0 Å². The van der Waals surface area contributed by atoms with Gasteiger partial charge in [0.05, 0.1) is 6.21 Å². The summed E-state index contributed by atoms with van der Waals surface area (Å²) in [4.78, 5) is 12.1. The Morgan fingerprint density at radius 3 is 2.58 bits per heavy atom. The van der Waals surface area contributed by atoms with E-state index in [0.29, 0.717) is 5.56 Å². The average Bonchev–Trinajstić information content (AvgIpc) is 2.89. The Bertz CT molecular complexity index is 977. The zero-order valence-electron chi connectivity index (χ0n) is 14.3. The van der Waals surface area contributed by atoms with Gasteiger partial charge in [-0.1, -0.05) is 22.0 Å². The highest BCUT2D eigenvalue weighted by Gasteiger charge is 2.10. The molecule has 1 N–H and O–H groups in total. The number of nitrogens with zero attached hydrogens (tertiary/aromatic N) is 2. The first-order valence-electron chi connectivity index (χ1n) is 7.99. The molecule has 132 valence electrons. The van der Waals surface area contributed by atoms with E-state index in [9.17, 15) is 9.18 Å². The minimum absolute atomic E-state index is 0.270. The van der Waals surface area contributed by atoms with Crippen LogP contribution in [-0.4, -0.2) is 16.7 Å². The largest absolute Gasteiger partial charge is 0.318 e. The summed E-state index contributed by atoms with van der Waals surface area (Å²) in [6, 6.07) is 15.4. The van der Waals surface area contributed by atoms with Gasteiger partial charge in [0.25, 0.3) is 5.91 Å². The number of halogens is 2. The zero-order valence-corrected chi connectivity index (χ0v) is 15.9. The molecule has 1 heterocycles. The Morgan fingerprint density at radius 2 is 1.88 bits per heavy atom. The van der Waals surface area contributed by atoms with Crippen LogP contribution >= 0.6 is 15.9 Å². The maximum Gasteiger partial charge on any atom is 0.271 e. The SMILES string of the molecule is Cc1cc(/C=N\NC(=O)c2cccc(Br)c2)c(C)n1-c1ccc(F)cc1. The Kier molecular flexibility index (Phi) is 5.32. The van der Waals surface area contributed by atoms with E-state index in [1.54, 1.807) is 36.5 Å². The summed E-state index contributed by atoms with van der Waals surface area (Å²) in [5.74, 6) is -0.553. The van der Waals surface area contributed by atoms with Crippen molar-refractivity contribution in [3.63, 3.8) is 0 Å². The van der Waals surface area contributed by atoms with Crippen molar-refractivity contribution >= 4 is 28.1 Å². The summed E-state index contributed by atoms with van der Waals surface area (Å²) in [5.41, 5.74) is 6.75. The minimum Gasteiger partial charge on any atom is -0.318 e. The number of amides is 1. The number of carbonyl (C=O) groups excluding carboxylic acids is 1. The Hall–Kier alpha value is -2.73. The molecule has 4 nitrogen and oxygen atoms in total. The van der Waals surface area contributed by atoms with Crippen molar-refractivity contribution in [1.82, 2.24) is 9.99 Å². The predicted molar refractivity (Wildman–Crippen MR) is 104 cm³/mol. The first-order chi connectivity index (χ1) is 12.5. The first-order valence-corrected chi connectivity index (χ1v) is 8.79. The Morgan fingerprint density at radius 1 is 1.15 bits per heavy atom. The van der Waals surface area contributed by atoms with Crippen molar-refractivity contribution < 1.29 is 9.18 Å². The quantitative estimate of drug-likeness (QED) is 0.486. The van der Waals surface area contributed by atoms with Gasteiger partial charge in [-0.15, -0.1) is 0 Å². The number of carbonyl (C=O) groups is 1. The molecule has 0 fully saturated rings. The predicted octanol–water partition coefficient (Wildman–Crippen LogP) is 4.76. The number of hydrogen-bond donors (Lipinski definition) is 1. The molecule has 6 heteroatoms. The highest BCUT2D eigenvalue weighted by atomic mass is 79.9. The summed E-state index contributed by atoms with van der Waals surface area (Å²) in [7, 11) is 0. The molecule has 0 saturated carbocycles. The van der Waals surface area contributed by atoms with Crippen LogP contribution < -0.4 is 5.43 Å². The molecule has 0 aliphatic heterocycles. The van der Waals surface area contributed by atoms with Crippen LogP contribution in [0.25, 0.3) is 5.69 Å².